The maximum Gasteiger partial charge on any atom is 0.269 e. The predicted octanol–water partition coefficient (Wildman–Crippen LogP) is 1.87. The van der Waals surface area contributed by atoms with Gasteiger partial charge in [-0.15, -0.1) is 11.6 Å². The summed E-state index contributed by atoms with van der Waals surface area (Å²) in [7, 11) is -3.18. The molecule has 9 heteroatoms. The summed E-state index contributed by atoms with van der Waals surface area (Å²) < 4.78 is 22.8. The summed E-state index contributed by atoms with van der Waals surface area (Å²) in [6.45, 7) is 0. The smallest absolute Gasteiger partial charge is 0.269 e. The monoisotopic (exact) mass is 335 g/mol. The van der Waals surface area contributed by atoms with Gasteiger partial charge >= 0.3 is 0 Å². The lowest BCUT2D eigenvalue weighted by atomic mass is 10.2. The molecule has 2 rings (SSSR count). The third-order valence-electron chi connectivity index (χ3n) is 2.81. The first-order chi connectivity index (χ1) is 9.28. The number of nitro groups is 1. The van der Waals surface area contributed by atoms with Crippen LogP contribution >= 0.6 is 23.4 Å². The van der Waals surface area contributed by atoms with E-state index in [2.05, 4.69) is 0 Å². The molecule has 0 bridgehead atoms. The van der Waals surface area contributed by atoms with Gasteiger partial charge in [-0.2, -0.15) is 0 Å². The van der Waals surface area contributed by atoms with E-state index in [1.165, 1.54) is 24.3 Å². The second-order valence-electron chi connectivity index (χ2n) is 4.34. The Morgan fingerprint density at radius 2 is 1.90 bits per heavy atom. The van der Waals surface area contributed by atoms with E-state index in [0.29, 0.717) is 0 Å². The third-order valence-corrected chi connectivity index (χ3v) is 6.79. The molecule has 0 aliphatic carbocycles. The molecule has 1 aliphatic heterocycles. The molecule has 20 heavy (non-hydrogen) atoms. The molecular formula is C11H10ClNO5S2. The predicted molar refractivity (Wildman–Crippen MR) is 77.1 cm³/mol. The van der Waals surface area contributed by atoms with E-state index < -0.39 is 25.4 Å². The molecule has 0 unspecified atom stereocenters. The first kappa shape index (κ1) is 15.3. The zero-order valence-corrected chi connectivity index (χ0v) is 12.5. The van der Waals surface area contributed by atoms with E-state index in [4.69, 9.17) is 11.6 Å². The Labute approximate surface area is 124 Å². The molecule has 6 nitrogen and oxygen atoms in total. The van der Waals surface area contributed by atoms with Crippen LogP contribution in [0.15, 0.2) is 24.3 Å². The van der Waals surface area contributed by atoms with Crippen molar-refractivity contribution in [3.63, 3.8) is 0 Å². The number of alkyl halides is 1. The Morgan fingerprint density at radius 3 is 2.35 bits per heavy atom. The Morgan fingerprint density at radius 1 is 1.30 bits per heavy atom. The highest BCUT2D eigenvalue weighted by molar-refractivity contribution is 8.15. The first-order valence-electron chi connectivity index (χ1n) is 5.58. The van der Waals surface area contributed by atoms with Gasteiger partial charge in [-0.05, 0) is 12.1 Å². The topological polar surface area (TPSA) is 94.3 Å². The number of nitro benzene ring substituents is 1. The van der Waals surface area contributed by atoms with Gasteiger partial charge in [0, 0.05) is 22.9 Å². The molecule has 1 aromatic rings. The number of halogens is 1. The number of rotatable bonds is 3. The summed E-state index contributed by atoms with van der Waals surface area (Å²) in [4.78, 5) is 21.9. The Hall–Kier alpha value is -1.12. The van der Waals surface area contributed by atoms with Crippen molar-refractivity contribution in [3.05, 3.63) is 39.9 Å². The van der Waals surface area contributed by atoms with Gasteiger partial charge in [-0.25, -0.2) is 8.42 Å². The molecule has 0 radical (unpaired) electrons. The molecule has 0 N–H and O–H groups in total. The fourth-order valence-electron chi connectivity index (χ4n) is 1.81. The van der Waals surface area contributed by atoms with Gasteiger partial charge in [0.15, 0.2) is 9.84 Å². The Kier molecular flexibility index (Phi) is 4.36. The van der Waals surface area contributed by atoms with Crippen molar-refractivity contribution in [1.82, 2.24) is 0 Å². The number of thioether (sulfide) groups is 1. The first-order valence-corrected chi connectivity index (χ1v) is 8.72. The molecule has 1 aromatic carbocycles. The molecule has 1 heterocycles. The van der Waals surface area contributed by atoms with Gasteiger partial charge in [-0.1, -0.05) is 11.8 Å². The largest absolute Gasteiger partial charge is 0.282 e. The fraction of sp³-hybridized carbons (Fsp3) is 0.364. The number of nitrogens with zero attached hydrogens (tertiary/aromatic N) is 1. The van der Waals surface area contributed by atoms with Crippen LogP contribution in [0.25, 0.3) is 0 Å². The highest BCUT2D eigenvalue weighted by Gasteiger charge is 2.38. The van der Waals surface area contributed by atoms with E-state index in [9.17, 15) is 23.3 Å². The molecule has 0 spiro atoms. The highest BCUT2D eigenvalue weighted by atomic mass is 35.5. The summed E-state index contributed by atoms with van der Waals surface area (Å²) in [5, 5.41) is 9.09. The minimum absolute atomic E-state index is 0.106. The summed E-state index contributed by atoms with van der Waals surface area (Å²) in [6.07, 6.45) is 0. The van der Waals surface area contributed by atoms with Crippen LogP contribution in [0.5, 0.6) is 0 Å². The van der Waals surface area contributed by atoms with E-state index in [-0.39, 0.29) is 27.9 Å². The van der Waals surface area contributed by atoms with E-state index >= 15 is 0 Å². The van der Waals surface area contributed by atoms with Gasteiger partial charge in [-0.3, -0.25) is 14.9 Å². The van der Waals surface area contributed by atoms with Crippen LogP contribution in [-0.2, 0) is 9.84 Å². The molecule has 0 aromatic heterocycles. The minimum atomic E-state index is -3.18. The lowest BCUT2D eigenvalue weighted by Gasteiger charge is -2.09. The summed E-state index contributed by atoms with van der Waals surface area (Å²) in [6, 6.07) is 5.16. The standard InChI is InChI=1S/C11H10ClNO5S2/c12-9-5-20(17,18)6-10(9)19-11(14)7-1-3-8(4-2-7)13(15)16/h1-4,9-10H,5-6H2/t9-,10+/m1/s1. The number of non-ortho nitro benzene ring substituents is 1. The van der Waals surface area contributed by atoms with E-state index in [1.807, 2.05) is 0 Å². The van der Waals surface area contributed by atoms with Crippen molar-refractivity contribution in [2.24, 2.45) is 0 Å². The molecule has 0 amide bonds. The van der Waals surface area contributed by atoms with Crippen molar-refractivity contribution >= 4 is 44.0 Å². The Bertz CT molecular complexity index is 643. The minimum Gasteiger partial charge on any atom is -0.282 e. The van der Waals surface area contributed by atoms with Crippen molar-refractivity contribution in [1.29, 1.82) is 0 Å². The van der Waals surface area contributed by atoms with Gasteiger partial charge in [0.2, 0.25) is 5.12 Å². The van der Waals surface area contributed by atoms with E-state index in [1.54, 1.807) is 0 Å². The van der Waals surface area contributed by atoms with Crippen LogP contribution in [0.3, 0.4) is 0 Å². The summed E-state index contributed by atoms with van der Waals surface area (Å²) in [5.74, 6) is -0.246. The lowest BCUT2D eigenvalue weighted by Crippen LogP contribution is -2.17. The number of hydrogen-bond donors (Lipinski definition) is 0. The van der Waals surface area contributed by atoms with Crippen LogP contribution in [-0.4, -0.2) is 40.6 Å². The molecule has 108 valence electrons. The number of carbonyl (C=O) groups is 1. The maximum atomic E-state index is 12.0. The van der Waals surface area contributed by atoms with Crippen molar-refractivity contribution < 1.29 is 18.1 Å². The Balaban J connectivity index is 2.07. The molecular weight excluding hydrogens is 326 g/mol. The second kappa shape index (κ2) is 5.71. The molecule has 2 atom stereocenters. The van der Waals surface area contributed by atoms with Gasteiger partial charge in [0.1, 0.15) is 0 Å². The highest BCUT2D eigenvalue weighted by Crippen LogP contribution is 2.31. The molecule has 1 saturated heterocycles. The maximum absolute atomic E-state index is 12.0. The van der Waals surface area contributed by atoms with E-state index in [0.717, 1.165) is 11.8 Å². The second-order valence-corrected chi connectivity index (χ2v) is 8.27. The summed E-state index contributed by atoms with van der Waals surface area (Å²) in [5.41, 5.74) is 0.180. The molecule has 1 fully saturated rings. The van der Waals surface area contributed by atoms with Crippen molar-refractivity contribution in [2.45, 2.75) is 10.6 Å². The van der Waals surface area contributed by atoms with Gasteiger partial charge in [0.05, 0.1) is 21.8 Å². The van der Waals surface area contributed by atoms with Crippen LogP contribution < -0.4 is 0 Å². The molecule has 0 saturated carbocycles. The normalized spacial score (nSPS) is 24.4. The van der Waals surface area contributed by atoms with Crippen molar-refractivity contribution in [3.8, 4) is 0 Å². The summed E-state index contributed by atoms with van der Waals surface area (Å²) >= 11 is 6.78. The number of hydrogen-bond acceptors (Lipinski definition) is 6. The van der Waals surface area contributed by atoms with Crippen LogP contribution in [0.4, 0.5) is 5.69 Å². The van der Waals surface area contributed by atoms with Gasteiger partial charge in [0.25, 0.3) is 5.69 Å². The number of benzene rings is 1. The number of sulfone groups is 1. The SMILES string of the molecule is O=C(S[C@H]1CS(=O)(=O)C[C@H]1Cl)c1ccc([N+](=O)[O-])cc1. The average molecular weight is 336 g/mol. The van der Waals surface area contributed by atoms with Crippen LogP contribution in [0.2, 0.25) is 0 Å². The zero-order chi connectivity index (χ0) is 14.9. The van der Waals surface area contributed by atoms with Gasteiger partial charge < -0.3 is 0 Å². The van der Waals surface area contributed by atoms with Crippen LogP contribution in [0.1, 0.15) is 10.4 Å². The quantitative estimate of drug-likeness (QED) is 0.475. The lowest BCUT2D eigenvalue weighted by molar-refractivity contribution is -0.384. The number of carbonyl (C=O) groups excluding carboxylic acids is 1. The zero-order valence-electron chi connectivity index (χ0n) is 10.1. The average Bonchev–Trinajstić information content (AvgIpc) is 2.62. The van der Waals surface area contributed by atoms with Crippen LogP contribution in [0, 0.1) is 10.1 Å². The third kappa shape index (κ3) is 3.50. The van der Waals surface area contributed by atoms with Crippen molar-refractivity contribution in [2.75, 3.05) is 11.5 Å². The molecule has 1 aliphatic rings. The fourth-order valence-corrected chi connectivity index (χ4v) is 6.12.